The highest BCUT2D eigenvalue weighted by atomic mass is 79.9. The van der Waals surface area contributed by atoms with Crippen molar-refractivity contribution in [2.45, 2.75) is 173 Å². The SMILES string of the molecule is Nc1cncc(Br)c1Cl.[C-]#[N+]c1cc2c(-c3cncc(N)c3Cl)cn(C3CCC(O)CC3)c2cc1C.[C-]#[N+]c1cc2c(-c3cncc(N)c3Cl)cn(C3CCC(O)CC3)c2cc1C.[C-]#[N+]c1cc2c(B3OC(C)(C)C(C)(C)O3)cn(C3CCC(O)CC3)c2cc1C. The minimum absolute atomic E-state index is 0.184. The van der Waals surface area contributed by atoms with E-state index >= 15 is 0 Å². The van der Waals surface area contributed by atoms with Crippen LogP contribution in [0.1, 0.15) is 140 Å². The number of nitrogens with zero attached hydrogens (tertiary/aromatic N) is 9. The minimum Gasteiger partial charge on any atom is -0.399 e. The molecule has 3 saturated carbocycles. The number of nitrogen functional groups attached to an aromatic ring is 3. The molecular weight excluding hydrogens is 1270 g/mol. The predicted molar refractivity (Wildman–Crippen MR) is 372 cm³/mol. The zero-order valence-electron chi connectivity index (χ0n) is 52.1. The van der Waals surface area contributed by atoms with Gasteiger partial charge in [0.1, 0.15) is 0 Å². The lowest BCUT2D eigenvalue weighted by molar-refractivity contribution is 0.00578. The zero-order chi connectivity index (χ0) is 65.4. The van der Waals surface area contributed by atoms with Gasteiger partial charge in [-0.3, -0.25) is 15.0 Å². The molecule has 0 spiro atoms. The summed E-state index contributed by atoms with van der Waals surface area (Å²) in [6, 6.07) is 13.1. The normalized spacial score (nSPS) is 20.9. The van der Waals surface area contributed by atoms with Gasteiger partial charge in [0.15, 0.2) is 17.1 Å². The predicted octanol–water partition coefficient (Wildman–Crippen LogP) is 16.9. The molecule has 1 saturated heterocycles. The number of aliphatic hydroxyl groups excluding tert-OH is 3. The summed E-state index contributed by atoms with van der Waals surface area (Å²) in [5, 5.41) is 34.1. The number of aromatic nitrogens is 6. The fourth-order valence-corrected chi connectivity index (χ4v) is 13.6. The van der Waals surface area contributed by atoms with E-state index < -0.39 is 18.3 Å². The number of halogens is 4. The number of fused-ring (bicyclic) bond motifs is 3. The molecule has 0 amide bonds. The van der Waals surface area contributed by atoms with Crippen LogP contribution in [0.3, 0.4) is 0 Å². The molecule has 3 aromatic carbocycles. The van der Waals surface area contributed by atoms with Crippen LogP contribution in [0.2, 0.25) is 15.1 Å². The Morgan fingerprint density at radius 1 is 0.484 bits per heavy atom. The van der Waals surface area contributed by atoms with Crippen LogP contribution in [0.5, 0.6) is 0 Å². The Balaban J connectivity index is 0.000000140. The quantitative estimate of drug-likeness (QED) is 0.0678. The number of hydrogen-bond acceptors (Lipinski definition) is 11. The number of pyridine rings is 3. The lowest BCUT2D eigenvalue weighted by atomic mass is 9.79. The summed E-state index contributed by atoms with van der Waals surface area (Å²) < 4.78 is 20.3. The largest absolute Gasteiger partial charge is 0.496 e. The fourth-order valence-electron chi connectivity index (χ4n) is 12.8. The maximum atomic E-state index is 9.91. The van der Waals surface area contributed by atoms with Crippen LogP contribution in [-0.4, -0.2) is 80.6 Å². The average Bonchev–Trinajstić information content (AvgIpc) is 1.61. The Hall–Kier alpha value is -7.19. The molecule has 472 valence electrons. The second-order valence-electron chi connectivity index (χ2n) is 25.4. The summed E-state index contributed by atoms with van der Waals surface area (Å²) in [6.07, 6.45) is 25.9. The summed E-state index contributed by atoms with van der Waals surface area (Å²) in [5.74, 6) is 0. The van der Waals surface area contributed by atoms with Crippen molar-refractivity contribution in [3.8, 4) is 22.3 Å². The fraction of sp³-hybridized carbons (Fsp3) is 0.391. The molecule has 22 heteroatoms. The molecule has 0 unspecified atom stereocenters. The number of anilines is 3. The topological polar surface area (TPSA) is 224 Å². The summed E-state index contributed by atoms with van der Waals surface area (Å²) in [7, 11) is -0.454. The average molecular weight is 1350 g/mol. The van der Waals surface area contributed by atoms with Gasteiger partial charge in [-0.15, -0.1) is 0 Å². The summed E-state index contributed by atoms with van der Waals surface area (Å²) in [4.78, 5) is 23.2. The number of hydrogen-bond donors (Lipinski definition) is 6. The van der Waals surface area contributed by atoms with Crippen LogP contribution in [0.25, 0.3) is 69.5 Å². The standard InChI is InChI=1S/C22H29BN2O3.2C21H21ClN4O.C5H4BrClN2/c1-14-11-20-17(12-19(14)24-6)18(23-27-21(2,3)22(4,5)28-23)13-25(20)15-7-9-16(26)10-8-15;2*1-12-7-20-15(8-19(12)24-2)17(16-9-25-10-18(23)21(16)22)11-26(20)13-3-5-14(27)6-4-13;6-3-1-9-2-4(8)5(3)7/h11-13,15-16,26H,7-10H2,1-5H3;2*7-11,13-14,27H,3-6,23H2,1H3;1-2H,8H2. The van der Waals surface area contributed by atoms with Crippen molar-refractivity contribution in [3.63, 3.8) is 0 Å². The molecule has 0 atom stereocenters. The maximum absolute atomic E-state index is 9.91. The first-order valence-corrected chi connectivity index (χ1v) is 32.6. The van der Waals surface area contributed by atoms with Gasteiger partial charge < -0.3 is 55.5 Å². The van der Waals surface area contributed by atoms with E-state index in [1.165, 1.54) is 6.20 Å². The Morgan fingerprint density at radius 3 is 1.14 bits per heavy atom. The number of aliphatic hydroxyl groups is 3. The summed E-state index contributed by atoms with van der Waals surface area (Å²) in [5.41, 5.74) is 30.4. The first kappa shape index (κ1) is 66.7. The number of nitrogens with two attached hydrogens (primary N) is 3. The molecule has 91 heavy (non-hydrogen) atoms. The molecule has 1 aliphatic heterocycles. The van der Waals surface area contributed by atoms with Crippen molar-refractivity contribution in [3.05, 3.63) is 163 Å². The van der Waals surface area contributed by atoms with Crippen molar-refractivity contribution in [1.29, 1.82) is 0 Å². The van der Waals surface area contributed by atoms with Crippen LogP contribution in [0.4, 0.5) is 34.1 Å². The molecule has 6 aromatic heterocycles. The summed E-state index contributed by atoms with van der Waals surface area (Å²) in [6.45, 7) is 36.6. The Kier molecular flexibility index (Phi) is 20.2. The van der Waals surface area contributed by atoms with Gasteiger partial charge in [-0.2, -0.15) is 0 Å². The van der Waals surface area contributed by atoms with Crippen molar-refractivity contribution in [2.24, 2.45) is 0 Å². The molecule has 9 aromatic rings. The maximum Gasteiger partial charge on any atom is 0.496 e. The van der Waals surface area contributed by atoms with Gasteiger partial charge >= 0.3 is 7.12 Å². The molecule has 0 radical (unpaired) electrons. The number of benzene rings is 3. The third-order valence-electron chi connectivity index (χ3n) is 18.8. The molecule has 17 nitrogen and oxygen atoms in total. The van der Waals surface area contributed by atoms with E-state index in [1.54, 1.807) is 31.0 Å². The van der Waals surface area contributed by atoms with Crippen LogP contribution >= 0.6 is 50.7 Å². The minimum atomic E-state index is -0.454. The highest BCUT2D eigenvalue weighted by Gasteiger charge is 2.52. The lowest BCUT2D eigenvalue weighted by Crippen LogP contribution is -2.41. The first-order valence-electron chi connectivity index (χ1n) is 30.6. The Labute approximate surface area is 555 Å². The van der Waals surface area contributed by atoms with Gasteiger partial charge in [-0.05, 0) is 211 Å². The Morgan fingerprint density at radius 2 is 0.802 bits per heavy atom. The zero-order valence-corrected chi connectivity index (χ0v) is 56.0. The van der Waals surface area contributed by atoms with Crippen LogP contribution in [0, 0.1) is 40.5 Å². The third kappa shape index (κ3) is 13.8. The van der Waals surface area contributed by atoms with E-state index in [0.29, 0.717) is 67.3 Å². The van der Waals surface area contributed by atoms with Gasteiger partial charge in [-0.25, -0.2) is 14.5 Å². The van der Waals surface area contributed by atoms with E-state index in [4.69, 9.17) is 81.0 Å². The van der Waals surface area contributed by atoms with E-state index in [9.17, 15) is 15.3 Å². The molecule has 13 rings (SSSR count). The molecular formula is C69H75BBrCl3N12O5. The van der Waals surface area contributed by atoms with E-state index in [0.717, 1.165) is 159 Å². The van der Waals surface area contributed by atoms with Gasteiger partial charge in [0.2, 0.25) is 0 Å². The molecule has 7 heterocycles. The lowest BCUT2D eigenvalue weighted by Gasteiger charge is -2.32. The van der Waals surface area contributed by atoms with Crippen molar-refractivity contribution in [1.82, 2.24) is 28.7 Å². The van der Waals surface area contributed by atoms with E-state index in [1.807, 2.05) is 39.0 Å². The molecule has 4 aliphatic rings. The second-order valence-corrected chi connectivity index (χ2v) is 27.4. The van der Waals surface area contributed by atoms with Gasteiger partial charge in [0.25, 0.3) is 0 Å². The van der Waals surface area contributed by atoms with Crippen molar-refractivity contribution < 1.29 is 24.6 Å². The molecule has 0 bridgehead atoms. The van der Waals surface area contributed by atoms with Gasteiger partial charge in [0.05, 0.1) is 104 Å². The van der Waals surface area contributed by atoms with E-state index in [2.05, 4.69) is 124 Å². The van der Waals surface area contributed by atoms with Crippen molar-refractivity contribution in [2.75, 3.05) is 17.2 Å². The van der Waals surface area contributed by atoms with Gasteiger partial charge in [-0.1, -0.05) is 34.8 Å². The van der Waals surface area contributed by atoms with Crippen LogP contribution in [0.15, 0.2) is 96.6 Å². The molecule has 3 aliphatic carbocycles. The molecule has 4 fully saturated rings. The highest BCUT2D eigenvalue weighted by Crippen LogP contribution is 2.46. The summed E-state index contributed by atoms with van der Waals surface area (Å²) >= 11 is 21.8. The second kappa shape index (κ2) is 27.6. The highest BCUT2D eigenvalue weighted by molar-refractivity contribution is 9.10. The van der Waals surface area contributed by atoms with E-state index in [-0.39, 0.29) is 18.3 Å². The first-order chi connectivity index (χ1) is 43.3. The molecule has 9 N–H and O–H groups in total. The smallest absolute Gasteiger partial charge is 0.399 e. The number of aryl methyl sites for hydroxylation is 3. The third-order valence-corrected chi connectivity index (χ3v) is 20.9. The van der Waals surface area contributed by atoms with Crippen LogP contribution in [-0.2, 0) is 9.31 Å². The van der Waals surface area contributed by atoms with Crippen LogP contribution < -0.4 is 22.7 Å². The monoisotopic (exact) mass is 1350 g/mol. The number of rotatable bonds is 6. The van der Waals surface area contributed by atoms with Crippen molar-refractivity contribution >= 4 is 130 Å². The van der Waals surface area contributed by atoms with Gasteiger partial charge in [0, 0.05) is 99.6 Å². The Bertz CT molecular complexity index is 4120.